The van der Waals surface area contributed by atoms with Gasteiger partial charge in [-0.05, 0) is 80.6 Å². The van der Waals surface area contributed by atoms with Gasteiger partial charge >= 0.3 is 5.97 Å². The molecule has 0 aliphatic heterocycles. The van der Waals surface area contributed by atoms with Crippen molar-refractivity contribution in [2.45, 2.75) is 56.8 Å². The van der Waals surface area contributed by atoms with E-state index in [1.165, 1.54) is 24.0 Å². The van der Waals surface area contributed by atoms with Gasteiger partial charge in [-0.1, -0.05) is 19.1 Å². The van der Waals surface area contributed by atoms with E-state index in [0.717, 1.165) is 54.1 Å². The van der Waals surface area contributed by atoms with Crippen molar-refractivity contribution in [3.05, 3.63) is 23.0 Å². The van der Waals surface area contributed by atoms with Crippen LogP contribution in [-0.2, 0) is 4.79 Å². The molecular weight excluding hydrogens is 338 g/mol. The van der Waals surface area contributed by atoms with Gasteiger partial charge in [-0.15, -0.1) is 11.8 Å². The third-order valence-corrected chi connectivity index (χ3v) is 7.48. The summed E-state index contributed by atoms with van der Waals surface area (Å²) in [5.41, 5.74) is -0.237. The van der Waals surface area contributed by atoms with Crippen molar-refractivity contribution in [2.75, 3.05) is 5.75 Å². The van der Waals surface area contributed by atoms with Crippen LogP contribution >= 0.6 is 24.0 Å². The Morgan fingerprint density at radius 1 is 1.29 bits per heavy atom. The summed E-state index contributed by atoms with van der Waals surface area (Å²) in [6, 6.07) is 3.92. The number of aromatic nitrogens is 1. The van der Waals surface area contributed by atoms with Gasteiger partial charge in [0.25, 0.3) is 0 Å². The van der Waals surface area contributed by atoms with Crippen LogP contribution in [0, 0.1) is 27.8 Å². The number of carbonyl (C=O) groups is 1. The number of thioether (sulfide) groups is 1. The molecule has 130 valence electrons. The Kier molecular flexibility index (Phi) is 4.50. The highest BCUT2D eigenvalue weighted by atomic mass is 32.2. The van der Waals surface area contributed by atoms with Crippen LogP contribution in [0.15, 0.2) is 23.2 Å². The molecule has 0 N–H and O–H groups in total. The Morgan fingerprint density at radius 2 is 1.92 bits per heavy atom. The van der Waals surface area contributed by atoms with E-state index < -0.39 is 0 Å². The Balaban J connectivity index is 1.49. The molecule has 4 aliphatic rings. The van der Waals surface area contributed by atoms with Gasteiger partial charge in [-0.2, -0.15) is 4.73 Å². The van der Waals surface area contributed by atoms with Gasteiger partial charge in [0.15, 0.2) is 0 Å². The fourth-order valence-electron chi connectivity index (χ4n) is 5.38. The molecule has 4 aliphatic carbocycles. The second-order valence-electron chi connectivity index (χ2n) is 7.95. The first-order valence-corrected chi connectivity index (χ1v) is 10.6. The van der Waals surface area contributed by atoms with Crippen molar-refractivity contribution < 1.29 is 9.63 Å². The highest BCUT2D eigenvalue weighted by Gasteiger charge is 2.55. The maximum atomic E-state index is 13.0. The van der Waals surface area contributed by atoms with Gasteiger partial charge in [0.2, 0.25) is 0 Å². The average Bonchev–Trinajstić information content (AvgIpc) is 2.54. The predicted octanol–water partition coefficient (Wildman–Crippen LogP) is 4.89. The molecule has 1 aromatic rings. The second kappa shape index (κ2) is 6.49. The zero-order valence-corrected chi connectivity index (χ0v) is 15.8. The number of carbonyl (C=O) groups excluding carboxylic acids is 1. The van der Waals surface area contributed by atoms with Gasteiger partial charge in [-0.25, -0.2) is 4.79 Å². The Morgan fingerprint density at radius 3 is 2.46 bits per heavy atom. The maximum absolute atomic E-state index is 13.0. The molecule has 0 amide bonds. The molecule has 0 atom stereocenters. The minimum absolute atomic E-state index is 0.0494. The van der Waals surface area contributed by atoms with Gasteiger partial charge in [-0.3, -0.25) is 0 Å². The lowest BCUT2D eigenvalue weighted by Gasteiger charge is -2.54. The van der Waals surface area contributed by atoms with E-state index in [-0.39, 0.29) is 11.4 Å². The molecule has 5 rings (SSSR count). The standard InChI is InChI=1S/C19H25NO2S2/c1-2-5-24-16-3-4-20(17(23)9-16)22-18(21)19-10-13-6-14(11-19)8-15(7-13)12-19/h3-4,9,13-15H,2,5-8,10-12H2,1H3. The SMILES string of the molecule is CCCSc1ccn(OC(=O)C23CC4CC(CC(C4)C2)C3)c(=S)c1. The maximum Gasteiger partial charge on any atom is 0.339 e. The van der Waals surface area contributed by atoms with E-state index >= 15 is 0 Å². The van der Waals surface area contributed by atoms with Crippen molar-refractivity contribution in [3.63, 3.8) is 0 Å². The quantitative estimate of drug-likeness (QED) is 0.550. The van der Waals surface area contributed by atoms with Crippen LogP contribution < -0.4 is 4.84 Å². The summed E-state index contributed by atoms with van der Waals surface area (Å²) in [7, 11) is 0. The molecule has 5 heteroatoms. The number of pyridine rings is 1. The molecule has 4 saturated carbocycles. The lowest BCUT2D eigenvalue weighted by molar-refractivity contribution is -0.172. The molecule has 0 saturated heterocycles. The Hall–Kier alpha value is -0.810. The molecule has 1 heterocycles. The second-order valence-corrected chi connectivity index (χ2v) is 9.54. The Labute approximate surface area is 153 Å². The number of hydrogen-bond donors (Lipinski definition) is 0. The average molecular weight is 364 g/mol. The first-order valence-electron chi connectivity index (χ1n) is 9.16. The molecule has 4 fully saturated rings. The fourth-order valence-corrected chi connectivity index (χ4v) is 6.47. The van der Waals surface area contributed by atoms with Crippen LogP contribution in [0.4, 0.5) is 0 Å². The van der Waals surface area contributed by atoms with E-state index in [2.05, 4.69) is 6.92 Å². The zero-order valence-electron chi connectivity index (χ0n) is 14.2. The minimum Gasteiger partial charge on any atom is -0.335 e. The van der Waals surface area contributed by atoms with Crippen molar-refractivity contribution in [3.8, 4) is 0 Å². The normalized spacial score (nSPS) is 33.6. The summed E-state index contributed by atoms with van der Waals surface area (Å²) in [6.45, 7) is 2.16. The summed E-state index contributed by atoms with van der Waals surface area (Å²) in [4.78, 5) is 19.9. The van der Waals surface area contributed by atoms with Crippen LogP contribution in [0.1, 0.15) is 51.9 Å². The van der Waals surface area contributed by atoms with Crippen LogP contribution in [0.3, 0.4) is 0 Å². The first-order chi connectivity index (χ1) is 11.6. The van der Waals surface area contributed by atoms with Gasteiger partial charge in [0, 0.05) is 11.1 Å². The predicted molar refractivity (Wildman–Crippen MR) is 98.5 cm³/mol. The van der Waals surface area contributed by atoms with Gasteiger partial charge < -0.3 is 4.84 Å². The van der Waals surface area contributed by atoms with Gasteiger partial charge in [0.05, 0.1) is 5.41 Å². The largest absolute Gasteiger partial charge is 0.339 e. The van der Waals surface area contributed by atoms with Crippen molar-refractivity contribution >= 4 is 29.9 Å². The smallest absolute Gasteiger partial charge is 0.335 e. The third kappa shape index (κ3) is 3.05. The van der Waals surface area contributed by atoms with Crippen LogP contribution in [0.5, 0.6) is 0 Å². The molecular formula is C19H25NO2S2. The highest BCUT2D eigenvalue weighted by molar-refractivity contribution is 7.99. The Bertz CT molecular complexity index is 662. The third-order valence-electron chi connectivity index (χ3n) is 5.98. The zero-order chi connectivity index (χ0) is 16.7. The van der Waals surface area contributed by atoms with Crippen molar-refractivity contribution in [1.29, 1.82) is 0 Å². The van der Waals surface area contributed by atoms with E-state index in [0.29, 0.717) is 4.64 Å². The summed E-state index contributed by atoms with van der Waals surface area (Å²) in [5.74, 6) is 3.25. The highest BCUT2D eigenvalue weighted by Crippen LogP contribution is 2.60. The summed E-state index contributed by atoms with van der Waals surface area (Å²) < 4.78 is 2.07. The number of hydrogen-bond acceptors (Lipinski definition) is 4. The fraction of sp³-hybridized carbons (Fsp3) is 0.684. The topological polar surface area (TPSA) is 31.2 Å². The lowest BCUT2D eigenvalue weighted by atomic mass is 9.49. The molecule has 0 spiro atoms. The number of rotatable bonds is 5. The minimum atomic E-state index is -0.237. The van der Waals surface area contributed by atoms with Crippen molar-refractivity contribution in [1.82, 2.24) is 4.73 Å². The van der Waals surface area contributed by atoms with E-state index in [1.54, 1.807) is 18.0 Å². The van der Waals surface area contributed by atoms with E-state index in [4.69, 9.17) is 17.1 Å². The first kappa shape index (κ1) is 16.6. The number of nitrogens with zero attached hydrogens (tertiary/aromatic N) is 1. The molecule has 3 nitrogen and oxygen atoms in total. The molecule has 1 aromatic heterocycles. The molecule has 24 heavy (non-hydrogen) atoms. The van der Waals surface area contributed by atoms with Crippen LogP contribution in [-0.4, -0.2) is 16.5 Å². The summed E-state index contributed by atoms with van der Waals surface area (Å²) in [5, 5.41) is 0. The van der Waals surface area contributed by atoms with E-state index in [1.807, 2.05) is 12.1 Å². The molecule has 0 radical (unpaired) electrons. The molecule has 0 unspecified atom stereocenters. The lowest BCUT2D eigenvalue weighted by Crippen LogP contribution is -2.52. The summed E-state index contributed by atoms with van der Waals surface area (Å²) >= 11 is 7.21. The van der Waals surface area contributed by atoms with Crippen LogP contribution in [0.25, 0.3) is 0 Å². The molecule has 4 bridgehead atoms. The van der Waals surface area contributed by atoms with E-state index in [9.17, 15) is 4.79 Å². The monoisotopic (exact) mass is 363 g/mol. The van der Waals surface area contributed by atoms with Crippen LogP contribution in [0.2, 0.25) is 0 Å². The summed E-state index contributed by atoms with van der Waals surface area (Å²) in [6.07, 6.45) is 9.99. The molecule has 0 aromatic carbocycles. The van der Waals surface area contributed by atoms with Gasteiger partial charge in [0.1, 0.15) is 4.64 Å². The van der Waals surface area contributed by atoms with Crippen molar-refractivity contribution in [2.24, 2.45) is 23.2 Å².